The van der Waals surface area contributed by atoms with Gasteiger partial charge >= 0.3 is 0 Å². The summed E-state index contributed by atoms with van der Waals surface area (Å²) in [6, 6.07) is -0.342. The molecule has 3 heterocycles. The summed E-state index contributed by atoms with van der Waals surface area (Å²) in [5.41, 5.74) is 0.622. The van der Waals surface area contributed by atoms with E-state index in [0.717, 1.165) is 12.1 Å². The van der Waals surface area contributed by atoms with Crippen molar-refractivity contribution in [2.24, 2.45) is 5.92 Å². The van der Waals surface area contributed by atoms with Crippen LogP contribution in [0.2, 0.25) is 5.15 Å². The first-order valence-electron chi connectivity index (χ1n) is 8.88. The van der Waals surface area contributed by atoms with E-state index in [-0.39, 0.29) is 18.5 Å². The van der Waals surface area contributed by atoms with Crippen LogP contribution in [0.5, 0.6) is 0 Å². The molecular formula is C16H25ClN6O3S. The lowest BCUT2D eigenvalue weighted by Crippen LogP contribution is -2.51. The second kappa shape index (κ2) is 7.50. The molecule has 3 atom stereocenters. The highest BCUT2D eigenvalue weighted by molar-refractivity contribution is 7.88. The molecule has 27 heavy (non-hydrogen) atoms. The molecule has 1 aliphatic rings. The van der Waals surface area contributed by atoms with E-state index in [2.05, 4.69) is 41.2 Å². The molecule has 11 heteroatoms. The number of anilines is 1. The Labute approximate surface area is 163 Å². The molecule has 0 saturated carbocycles. The summed E-state index contributed by atoms with van der Waals surface area (Å²) in [5, 5.41) is 18.3. The van der Waals surface area contributed by atoms with Crippen LogP contribution in [0.25, 0.3) is 5.52 Å². The Morgan fingerprint density at radius 1 is 1.37 bits per heavy atom. The van der Waals surface area contributed by atoms with E-state index in [0.29, 0.717) is 35.5 Å². The summed E-state index contributed by atoms with van der Waals surface area (Å²) >= 11 is 6.22. The molecule has 2 aromatic rings. The lowest BCUT2D eigenvalue weighted by molar-refractivity contribution is 0.0950. The van der Waals surface area contributed by atoms with Gasteiger partial charge in [0.15, 0.2) is 5.15 Å². The van der Waals surface area contributed by atoms with E-state index < -0.39 is 16.1 Å². The van der Waals surface area contributed by atoms with Crippen LogP contribution in [0.3, 0.4) is 0 Å². The molecule has 0 bridgehead atoms. The van der Waals surface area contributed by atoms with Gasteiger partial charge in [-0.15, -0.1) is 5.10 Å². The zero-order valence-corrected chi connectivity index (χ0v) is 17.4. The first-order valence-corrected chi connectivity index (χ1v) is 11.1. The van der Waals surface area contributed by atoms with Gasteiger partial charge in [-0.1, -0.05) is 32.4 Å². The predicted molar refractivity (Wildman–Crippen MR) is 103 cm³/mol. The lowest BCUT2D eigenvalue weighted by Gasteiger charge is -2.34. The van der Waals surface area contributed by atoms with Crippen LogP contribution in [0.15, 0.2) is 6.20 Å². The van der Waals surface area contributed by atoms with Crippen LogP contribution in [0, 0.1) is 5.92 Å². The topological polar surface area (TPSA) is 113 Å². The fourth-order valence-corrected chi connectivity index (χ4v) is 4.14. The summed E-state index contributed by atoms with van der Waals surface area (Å²) in [7, 11) is -3.32. The Morgan fingerprint density at radius 3 is 2.67 bits per heavy atom. The van der Waals surface area contributed by atoms with Gasteiger partial charge in [0.25, 0.3) is 0 Å². The molecule has 2 aromatic heterocycles. The fraction of sp³-hybridized carbons (Fsp3) is 0.688. The van der Waals surface area contributed by atoms with Crippen molar-refractivity contribution in [2.75, 3.05) is 24.7 Å². The largest absolute Gasteiger partial charge is 0.390 e. The van der Waals surface area contributed by atoms with Gasteiger partial charge in [0.05, 0.1) is 24.6 Å². The number of nitrogens with zero attached hydrogens (tertiary/aromatic N) is 5. The number of aliphatic hydroxyl groups excluding tert-OH is 1. The number of nitrogens with one attached hydrogen (secondary N) is 1. The quantitative estimate of drug-likeness (QED) is 0.756. The highest BCUT2D eigenvalue weighted by Gasteiger charge is 2.32. The molecule has 3 rings (SSSR count). The van der Waals surface area contributed by atoms with Crippen LogP contribution in [0.1, 0.15) is 38.9 Å². The van der Waals surface area contributed by atoms with Gasteiger partial charge in [0.2, 0.25) is 16.0 Å². The van der Waals surface area contributed by atoms with Crippen molar-refractivity contribution in [1.82, 2.24) is 23.9 Å². The Kier molecular flexibility index (Phi) is 5.62. The minimum Gasteiger partial charge on any atom is -0.390 e. The van der Waals surface area contributed by atoms with Gasteiger partial charge < -0.3 is 10.4 Å². The number of aromatic nitrogens is 4. The summed E-state index contributed by atoms with van der Waals surface area (Å²) in [6.07, 6.45) is 2.34. The molecule has 150 valence electrons. The summed E-state index contributed by atoms with van der Waals surface area (Å²) < 4.78 is 26.3. The van der Waals surface area contributed by atoms with Crippen molar-refractivity contribution in [3.63, 3.8) is 0 Å². The van der Waals surface area contributed by atoms with Crippen molar-refractivity contribution in [3.8, 4) is 0 Å². The highest BCUT2D eigenvalue weighted by atomic mass is 35.5. The van der Waals surface area contributed by atoms with Gasteiger partial charge in [-0.3, -0.25) is 0 Å². The van der Waals surface area contributed by atoms with E-state index in [1.54, 1.807) is 10.7 Å². The maximum absolute atomic E-state index is 11.6. The molecule has 9 nitrogen and oxygen atoms in total. The second-order valence-corrected chi connectivity index (χ2v) is 9.74. The molecule has 1 unspecified atom stereocenters. The Morgan fingerprint density at radius 2 is 2.07 bits per heavy atom. The van der Waals surface area contributed by atoms with E-state index >= 15 is 0 Å². The van der Waals surface area contributed by atoms with Crippen molar-refractivity contribution < 1.29 is 13.5 Å². The number of halogens is 1. The van der Waals surface area contributed by atoms with Gasteiger partial charge in [0, 0.05) is 19.0 Å². The molecule has 0 aliphatic carbocycles. The van der Waals surface area contributed by atoms with Crippen LogP contribution < -0.4 is 5.32 Å². The SMILES string of the molecule is CC(C)C(C)c1nc(Cl)c2cnc(N[C@@H]3CCN(S(C)(=O)=O)C[C@@H]3O)nn12. The first kappa shape index (κ1) is 20.2. The van der Waals surface area contributed by atoms with Crippen LogP contribution in [-0.2, 0) is 10.0 Å². The second-order valence-electron chi connectivity index (χ2n) is 7.40. The normalized spacial score (nSPS) is 23.1. The smallest absolute Gasteiger partial charge is 0.241 e. The van der Waals surface area contributed by atoms with Crippen molar-refractivity contribution in [1.29, 1.82) is 0 Å². The molecule has 1 fully saturated rings. The zero-order chi connectivity index (χ0) is 19.9. The van der Waals surface area contributed by atoms with Gasteiger partial charge in [-0.25, -0.2) is 22.9 Å². The summed E-state index contributed by atoms with van der Waals surface area (Å²) in [4.78, 5) is 8.70. The Balaban J connectivity index is 1.83. The lowest BCUT2D eigenvalue weighted by atomic mass is 9.98. The number of hydrogen-bond acceptors (Lipinski definition) is 7. The van der Waals surface area contributed by atoms with E-state index in [9.17, 15) is 13.5 Å². The monoisotopic (exact) mass is 416 g/mol. The van der Waals surface area contributed by atoms with Gasteiger partial charge in [-0.05, 0) is 12.3 Å². The van der Waals surface area contributed by atoms with Crippen LogP contribution in [0.4, 0.5) is 5.95 Å². The van der Waals surface area contributed by atoms with Gasteiger partial charge in [0.1, 0.15) is 11.3 Å². The average molecular weight is 417 g/mol. The number of piperidine rings is 1. The summed E-state index contributed by atoms with van der Waals surface area (Å²) in [5.74, 6) is 1.60. The number of aliphatic hydroxyl groups is 1. The fourth-order valence-electron chi connectivity index (χ4n) is 3.07. The van der Waals surface area contributed by atoms with Crippen molar-refractivity contribution in [3.05, 3.63) is 17.2 Å². The number of hydrogen-bond donors (Lipinski definition) is 2. The standard InChI is InChI=1S/C16H25ClN6O3S/c1-9(2)10(3)15-20-14(17)12-7-18-16(21-23(12)15)19-11-5-6-22(8-13(11)24)27(4,25)26/h7,9-11,13,24H,5-6,8H2,1-4H3,(H,19,21)/t10?,11-,13+/m1/s1. The number of imidazole rings is 1. The number of fused-ring (bicyclic) bond motifs is 1. The molecular weight excluding hydrogens is 392 g/mol. The maximum atomic E-state index is 11.6. The Bertz CT molecular complexity index is 932. The molecule has 2 N–H and O–H groups in total. The van der Waals surface area contributed by atoms with Crippen LogP contribution >= 0.6 is 11.6 Å². The molecule has 0 aromatic carbocycles. The van der Waals surface area contributed by atoms with E-state index in [4.69, 9.17) is 11.6 Å². The highest BCUT2D eigenvalue weighted by Crippen LogP contribution is 2.27. The molecule has 0 amide bonds. The third-order valence-corrected chi connectivity index (χ3v) is 6.66. The van der Waals surface area contributed by atoms with Crippen molar-refractivity contribution in [2.45, 2.75) is 45.3 Å². The summed E-state index contributed by atoms with van der Waals surface area (Å²) in [6.45, 7) is 6.65. The van der Waals surface area contributed by atoms with E-state index in [1.165, 1.54) is 4.31 Å². The molecule has 0 spiro atoms. The van der Waals surface area contributed by atoms with Crippen LogP contribution in [-0.4, -0.2) is 68.9 Å². The minimum atomic E-state index is -3.32. The molecule has 0 radical (unpaired) electrons. The van der Waals surface area contributed by atoms with Gasteiger partial charge in [-0.2, -0.15) is 4.31 Å². The zero-order valence-electron chi connectivity index (χ0n) is 15.8. The third-order valence-electron chi connectivity index (χ3n) is 5.11. The van der Waals surface area contributed by atoms with Crippen molar-refractivity contribution >= 4 is 33.1 Å². The third kappa shape index (κ3) is 4.18. The number of β-amino-alcohol motifs (C(OH)–C–C–N with tert-alkyl or cyclic N) is 1. The minimum absolute atomic E-state index is 0.0469. The predicted octanol–water partition coefficient (Wildman–Crippen LogP) is 1.34. The molecule has 1 saturated heterocycles. The first-order chi connectivity index (χ1) is 12.6. The number of sulfonamides is 1. The average Bonchev–Trinajstić information content (AvgIpc) is 2.91. The van der Waals surface area contributed by atoms with E-state index in [1.807, 2.05) is 0 Å². The maximum Gasteiger partial charge on any atom is 0.241 e. The molecule has 1 aliphatic heterocycles. The Hall–Kier alpha value is -1.49. The number of rotatable bonds is 5.